The monoisotopic (exact) mass is 182 g/mol. The summed E-state index contributed by atoms with van der Waals surface area (Å²) in [6.45, 7) is 3.23. The summed E-state index contributed by atoms with van der Waals surface area (Å²) < 4.78 is 0. The Morgan fingerprint density at radius 3 is 2.62 bits per heavy atom. The first-order valence-electron chi connectivity index (χ1n) is 4.73. The molecule has 3 aliphatic rings. The number of piperidine rings is 1. The van der Waals surface area contributed by atoms with Gasteiger partial charge in [0, 0.05) is 19.1 Å². The third-order valence-corrected chi connectivity index (χ3v) is 2.87. The van der Waals surface area contributed by atoms with Crippen molar-refractivity contribution in [2.45, 2.75) is 31.8 Å². The molecule has 4 nitrogen and oxygen atoms in total. The zero-order chi connectivity index (χ0) is 9.42. The van der Waals surface area contributed by atoms with Crippen LogP contribution in [0.2, 0.25) is 0 Å². The highest BCUT2D eigenvalue weighted by Crippen LogP contribution is 2.18. The minimum absolute atomic E-state index is 0.0416. The first-order chi connectivity index (χ1) is 6.18. The van der Waals surface area contributed by atoms with Crippen molar-refractivity contribution in [3.05, 3.63) is 0 Å². The molecule has 3 heterocycles. The molecule has 1 amide bonds. The molecule has 72 valence electrons. The van der Waals surface area contributed by atoms with Crippen molar-refractivity contribution in [2.75, 3.05) is 13.1 Å². The van der Waals surface area contributed by atoms with Crippen molar-refractivity contribution in [2.24, 2.45) is 0 Å². The predicted octanol–water partition coefficient (Wildman–Crippen LogP) is -0.462. The maximum absolute atomic E-state index is 11.5. The number of amides is 1. The fraction of sp³-hybridized carbons (Fsp3) is 0.778. The van der Waals surface area contributed by atoms with Gasteiger partial charge < -0.3 is 5.32 Å². The smallest absolute Gasteiger partial charge is 0.245 e. The first kappa shape index (κ1) is 8.69. The van der Waals surface area contributed by atoms with E-state index in [1.807, 2.05) is 4.90 Å². The molecule has 0 saturated carbocycles. The molecule has 1 unspecified atom stereocenters. The molecule has 0 aromatic rings. The number of fused-ring (bicyclic) bond motifs is 4. The molecule has 0 radical (unpaired) electrons. The second-order valence-electron chi connectivity index (χ2n) is 3.83. The average molecular weight is 182 g/mol. The van der Waals surface area contributed by atoms with E-state index in [4.69, 9.17) is 0 Å². The van der Waals surface area contributed by atoms with Crippen LogP contribution in [-0.4, -0.2) is 41.8 Å². The summed E-state index contributed by atoms with van der Waals surface area (Å²) in [7, 11) is 0. The quantitative estimate of drug-likeness (QED) is 0.558. The molecule has 0 aromatic heterocycles. The van der Waals surface area contributed by atoms with Crippen molar-refractivity contribution < 1.29 is 9.59 Å². The second-order valence-corrected chi connectivity index (χ2v) is 3.83. The van der Waals surface area contributed by atoms with Crippen LogP contribution in [0.3, 0.4) is 0 Å². The molecule has 1 atom stereocenters. The van der Waals surface area contributed by atoms with E-state index >= 15 is 0 Å². The van der Waals surface area contributed by atoms with Gasteiger partial charge in [0.25, 0.3) is 0 Å². The lowest BCUT2D eigenvalue weighted by Crippen LogP contribution is -2.47. The Morgan fingerprint density at radius 2 is 2.08 bits per heavy atom. The summed E-state index contributed by atoms with van der Waals surface area (Å²) in [5, 5.41) is 2.90. The van der Waals surface area contributed by atoms with Gasteiger partial charge in [-0.1, -0.05) is 0 Å². The molecule has 0 aromatic carbocycles. The highest BCUT2D eigenvalue weighted by Gasteiger charge is 2.37. The maximum atomic E-state index is 11.5. The number of Topliss-reactive ketones (excluding diaryl/α,β-unsaturated/α-hetero) is 1. The zero-order valence-corrected chi connectivity index (χ0v) is 7.75. The Kier molecular flexibility index (Phi) is 2.07. The minimum Gasteiger partial charge on any atom is -0.352 e. The maximum Gasteiger partial charge on any atom is 0.245 e. The van der Waals surface area contributed by atoms with E-state index in [1.165, 1.54) is 6.92 Å². The van der Waals surface area contributed by atoms with Gasteiger partial charge >= 0.3 is 0 Å². The van der Waals surface area contributed by atoms with Gasteiger partial charge in [0.05, 0.1) is 0 Å². The van der Waals surface area contributed by atoms with Gasteiger partial charge in [0.15, 0.2) is 5.78 Å². The fourth-order valence-corrected chi connectivity index (χ4v) is 2.19. The van der Waals surface area contributed by atoms with Gasteiger partial charge in [-0.25, -0.2) is 0 Å². The van der Waals surface area contributed by atoms with Crippen LogP contribution in [0.1, 0.15) is 19.8 Å². The Labute approximate surface area is 77.3 Å². The molecule has 3 saturated heterocycles. The molecular weight excluding hydrogens is 168 g/mol. The van der Waals surface area contributed by atoms with Crippen molar-refractivity contribution in [3.8, 4) is 0 Å². The second kappa shape index (κ2) is 3.10. The summed E-state index contributed by atoms with van der Waals surface area (Å²) >= 11 is 0. The number of hydrogen-bond donors (Lipinski definition) is 1. The number of carbonyl (C=O) groups is 2. The number of nitrogens with zero attached hydrogens (tertiary/aromatic N) is 1. The molecule has 13 heavy (non-hydrogen) atoms. The Balaban J connectivity index is 2.24. The highest BCUT2D eigenvalue weighted by atomic mass is 16.2. The SMILES string of the molecule is CC(=O)C1C(=O)NC2CCN1CC2. The topological polar surface area (TPSA) is 49.4 Å². The fourth-order valence-electron chi connectivity index (χ4n) is 2.19. The van der Waals surface area contributed by atoms with Crippen molar-refractivity contribution in [3.63, 3.8) is 0 Å². The lowest BCUT2D eigenvalue weighted by molar-refractivity contribution is -0.133. The van der Waals surface area contributed by atoms with Gasteiger partial charge in [0.1, 0.15) is 6.04 Å². The molecule has 4 heteroatoms. The largest absolute Gasteiger partial charge is 0.352 e. The predicted molar refractivity (Wildman–Crippen MR) is 47.2 cm³/mol. The van der Waals surface area contributed by atoms with Gasteiger partial charge in [-0.2, -0.15) is 0 Å². The summed E-state index contributed by atoms with van der Waals surface area (Å²) in [5.41, 5.74) is 0. The van der Waals surface area contributed by atoms with Crippen LogP contribution in [0.25, 0.3) is 0 Å². The van der Waals surface area contributed by atoms with Gasteiger partial charge in [0.2, 0.25) is 5.91 Å². The van der Waals surface area contributed by atoms with E-state index in [1.54, 1.807) is 0 Å². The van der Waals surface area contributed by atoms with Crippen molar-refractivity contribution in [1.82, 2.24) is 10.2 Å². The lowest BCUT2D eigenvalue weighted by atomic mass is 10.1. The molecule has 0 aliphatic carbocycles. The number of carbonyl (C=O) groups excluding carboxylic acids is 2. The summed E-state index contributed by atoms with van der Waals surface area (Å²) in [5.74, 6) is -0.146. The summed E-state index contributed by atoms with van der Waals surface area (Å²) in [6.07, 6.45) is 1.96. The van der Waals surface area contributed by atoms with Crippen molar-refractivity contribution >= 4 is 11.7 Å². The van der Waals surface area contributed by atoms with E-state index in [9.17, 15) is 9.59 Å². The van der Waals surface area contributed by atoms with Gasteiger partial charge in [-0.05, 0) is 19.8 Å². The van der Waals surface area contributed by atoms with E-state index in [-0.39, 0.29) is 11.7 Å². The summed E-state index contributed by atoms with van der Waals surface area (Å²) in [6, 6.07) is -0.222. The van der Waals surface area contributed by atoms with Crippen LogP contribution in [-0.2, 0) is 9.59 Å². The van der Waals surface area contributed by atoms with Crippen LogP contribution in [0, 0.1) is 0 Å². The van der Waals surface area contributed by atoms with E-state index < -0.39 is 6.04 Å². The molecular formula is C9H14N2O2. The molecule has 3 rings (SSSR count). The van der Waals surface area contributed by atoms with Crippen LogP contribution in [0.5, 0.6) is 0 Å². The normalized spacial score (nSPS) is 38.2. The van der Waals surface area contributed by atoms with Gasteiger partial charge in [-0.15, -0.1) is 0 Å². The molecule has 3 aliphatic heterocycles. The third-order valence-electron chi connectivity index (χ3n) is 2.87. The Bertz CT molecular complexity index is 244. The van der Waals surface area contributed by atoms with E-state index in [0.717, 1.165) is 25.9 Å². The molecule has 0 spiro atoms. The highest BCUT2D eigenvalue weighted by molar-refractivity contribution is 6.04. The minimum atomic E-state index is -0.521. The number of ketones is 1. The van der Waals surface area contributed by atoms with Crippen molar-refractivity contribution in [1.29, 1.82) is 0 Å². The van der Waals surface area contributed by atoms with E-state index in [2.05, 4.69) is 5.32 Å². The zero-order valence-electron chi connectivity index (χ0n) is 7.75. The number of nitrogens with one attached hydrogen (secondary N) is 1. The Hall–Kier alpha value is -0.900. The standard InChI is InChI=1S/C9H14N2O2/c1-6(12)8-9(13)10-7-2-4-11(8)5-3-7/h7-8H,2-5H2,1H3,(H,10,13). The van der Waals surface area contributed by atoms with Crippen LogP contribution >= 0.6 is 0 Å². The van der Waals surface area contributed by atoms with Crippen LogP contribution in [0.4, 0.5) is 0 Å². The van der Waals surface area contributed by atoms with Crippen LogP contribution < -0.4 is 5.32 Å². The summed E-state index contributed by atoms with van der Waals surface area (Å²) in [4.78, 5) is 24.8. The molecule has 2 bridgehead atoms. The van der Waals surface area contributed by atoms with Gasteiger partial charge in [-0.3, -0.25) is 14.5 Å². The number of rotatable bonds is 1. The first-order valence-corrected chi connectivity index (χ1v) is 4.73. The Morgan fingerprint density at radius 1 is 1.46 bits per heavy atom. The van der Waals surface area contributed by atoms with Crippen LogP contribution in [0.15, 0.2) is 0 Å². The average Bonchev–Trinajstić information content (AvgIpc) is 2.30. The lowest BCUT2D eigenvalue weighted by Gasteiger charge is -2.28. The number of hydrogen-bond acceptors (Lipinski definition) is 3. The van der Waals surface area contributed by atoms with E-state index in [0.29, 0.717) is 6.04 Å². The third kappa shape index (κ3) is 1.46. The molecule has 3 fully saturated rings. The molecule has 1 N–H and O–H groups in total.